The zero-order valence-electron chi connectivity index (χ0n) is 10.4. The second-order valence-electron chi connectivity index (χ2n) is 4.07. The molecule has 0 saturated heterocycles. The molecule has 0 aromatic heterocycles. The third kappa shape index (κ3) is 4.52. The number of aryl methyl sites for hydroxylation is 1. The van der Waals surface area contributed by atoms with Gasteiger partial charge < -0.3 is 10.2 Å². The summed E-state index contributed by atoms with van der Waals surface area (Å²) in [6.07, 6.45) is -1.80. The molecule has 9 heteroatoms. The van der Waals surface area contributed by atoms with Crippen molar-refractivity contribution in [3.8, 4) is 0 Å². The number of sulfonamides is 1. The number of aliphatic carboxylic acids is 1. The molecule has 0 aliphatic rings. The first kappa shape index (κ1) is 17.6. The summed E-state index contributed by atoms with van der Waals surface area (Å²) < 4.78 is 27.5. The lowest BCUT2D eigenvalue weighted by atomic mass is 10.2. The Balaban J connectivity index is 2.85. The monoisotopic (exact) mass is 429 g/mol. The fourth-order valence-electron chi connectivity index (χ4n) is 1.37. The first-order chi connectivity index (χ1) is 9.15. The molecular formula is C11H13Br2NO5S. The predicted octanol–water partition coefficient (Wildman–Crippen LogP) is 1.63. The summed E-state index contributed by atoms with van der Waals surface area (Å²) in [6, 6.07) is 3.11. The predicted molar refractivity (Wildman–Crippen MR) is 80.0 cm³/mol. The maximum atomic E-state index is 12.1. The number of halogens is 2. The first-order valence-electron chi connectivity index (χ1n) is 5.51. The molecule has 0 fully saturated rings. The van der Waals surface area contributed by atoms with Crippen LogP contribution in [0.2, 0.25) is 0 Å². The van der Waals surface area contributed by atoms with Gasteiger partial charge in [0.15, 0.2) is 6.10 Å². The van der Waals surface area contributed by atoms with Crippen LogP contribution in [0.25, 0.3) is 0 Å². The minimum Gasteiger partial charge on any atom is -0.479 e. The topological polar surface area (TPSA) is 104 Å². The van der Waals surface area contributed by atoms with Crippen molar-refractivity contribution in [2.24, 2.45) is 0 Å². The summed E-state index contributed by atoms with van der Waals surface area (Å²) in [4.78, 5) is 10.5. The van der Waals surface area contributed by atoms with Crippen LogP contribution in [-0.2, 0) is 14.8 Å². The molecule has 112 valence electrons. The standard InChI is InChI=1S/C11H13Br2NO5S/c1-6-4-8(13)10(5-7(6)12)20(18,19)14-3-2-9(15)11(16)17/h4-5,9,14-15H,2-3H2,1H3,(H,16,17)/t9-/m0/s1. The van der Waals surface area contributed by atoms with Gasteiger partial charge in [-0.25, -0.2) is 17.9 Å². The van der Waals surface area contributed by atoms with Gasteiger partial charge in [-0.2, -0.15) is 0 Å². The molecular weight excluding hydrogens is 418 g/mol. The van der Waals surface area contributed by atoms with Gasteiger partial charge in [-0.05, 0) is 47.0 Å². The van der Waals surface area contributed by atoms with Crippen molar-refractivity contribution >= 4 is 47.9 Å². The molecule has 0 spiro atoms. The van der Waals surface area contributed by atoms with Gasteiger partial charge in [0.2, 0.25) is 10.0 Å². The number of rotatable bonds is 6. The van der Waals surface area contributed by atoms with Crippen molar-refractivity contribution in [1.82, 2.24) is 4.72 Å². The van der Waals surface area contributed by atoms with Crippen molar-refractivity contribution in [3.63, 3.8) is 0 Å². The van der Waals surface area contributed by atoms with E-state index in [2.05, 4.69) is 36.6 Å². The smallest absolute Gasteiger partial charge is 0.332 e. The summed E-state index contributed by atoms with van der Waals surface area (Å²) in [7, 11) is -3.78. The lowest BCUT2D eigenvalue weighted by molar-refractivity contribution is -0.146. The van der Waals surface area contributed by atoms with Gasteiger partial charge in [0, 0.05) is 15.5 Å². The molecule has 6 nitrogen and oxygen atoms in total. The second-order valence-corrected chi connectivity index (χ2v) is 7.52. The molecule has 0 saturated carbocycles. The number of nitrogens with one attached hydrogen (secondary N) is 1. The lowest BCUT2D eigenvalue weighted by Gasteiger charge is -2.11. The Morgan fingerprint density at radius 3 is 2.50 bits per heavy atom. The van der Waals surface area contributed by atoms with Gasteiger partial charge in [0.1, 0.15) is 0 Å². The summed E-state index contributed by atoms with van der Waals surface area (Å²) in [5, 5.41) is 17.6. The molecule has 0 aliphatic carbocycles. The minimum atomic E-state index is -3.78. The van der Waals surface area contributed by atoms with Gasteiger partial charge >= 0.3 is 5.97 Å². The van der Waals surface area contributed by atoms with Crippen LogP contribution in [0, 0.1) is 6.92 Å². The first-order valence-corrected chi connectivity index (χ1v) is 8.58. The van der Waals surface area contributed by atoms with Crippen LogP contribution < -0.4 is 4.72 Å². The third-order valence-corrected chi connectivity index (χ3v) is 5.77. The van der Waals surface area contributed by atoms with Crippen molar-refractivity contribution in [1.29, 1.82) is 0 Å². The summed E-state index contributed by atoms with van der Waals surface area (Å²) in [6.45, 7) is 1.65. The Kier molecular flexibility index (Phi) is 6.14. The van der Waals surface area contributed by atoms with E-state index < -0.39 is 22.1 Å². The van der Waals surface area contributed by atoms with Crippen molar-refractivity contribution < 1.29 is 23.4 Å². The number of carboxylic acid groups (broad SMARTS) is 1. The maximum absolute atomic E-state index is 12.1. The molecule has 1 aromatic rings. The highest BCUT2D eigenvalue weighted by atomic mass is 79.9. The summed E-state index contributed by atoms with van der Waals surface area (Å²) in [5.41, 5.74) is 0.872. The third-order valence-electron chi connectivity index (χ3n) is 2.50. The molecule has 20 heavy (non-hydrogen) atoms. The van der Waals surface area contributed by atoms with E-state index in [1.165, 1.54) is 6.07 Å². The number of hydrogen-bond donors (Lipinski definition) is 3. The minimum absolute atomic E-state index is 0.0415. The van der Waals surface area contributed by atoms with E-state index in [1.54, 1.807) is 6.07 Å². The van der Waals surface area contributed by atoms with Gasteiger partial charge in [-0.3, -0.25) is 0 Å². The maximum Gasteiger partial charge on any atom is 0.332 e. The zero-order chi connectivity index (χ0) is 15.5. The number of aliphatic hydroxyl groups excluding tert-OH is 1. The van der Waals surface area contributed by atoms with Crippen molar-refractivity contribution in [2.45, 2.75) is 24.3 Å². The SMILES string of the molecule is Cc1cc(Br)c(S(=O)(=O)NCC[C@H](O)C(=O)O)cc1Br. The van der Waals surface area contributed by atoms with Crippen LogP contribution in [0.15, 0.2) is 26.0 Å². The number of aliphatic hydroxyl groups is 1. The van der Waals surface area contributed by atoms with E-state index in [9.17, 15) is 13.2 Å². The molecule has 0 unspecified atom stereocenters. The van der Waals surface area contributed by atoms with E-state index in [4.69, 9.17) is 10.2 Å². The van der Waals surface area contributed by atoms with Gasteiger partial charge in [0.05, 0.1) is 4.90 Å². The Morgan fingerprint density at radius 2 is 1.95 bits per heavy atom. The Labute approximate surface area is 133 Å². The van der Waals surface area contributed by atoms with E-state index in [1.807, 2.05) is 6.92 Å². The molecule has 1 aromatic carbocycles. The molecule has 0 heterocycles. The lowest BCUT2D eigenvalue weighted by Crippen LogP contribution is -2.30. The Morgan fingerprint density at radius 1 is 1.35 bits per heavy atom. The summed E-state index contributed by atoms with van der Waals surface area (Å²) >= 11 is 6.43. The van der Waals surface area contributed by atoms with Crippen LogP contribution >= 0.6 is 31.9 Å². The van der Waals surface area contributed by atoms with Crippen LogP contribution in [0.5, 0.6) is 0 Å². The van der Waals surface area contributed by atoms with E-state index in [0.29, 0.717) is 8.95 Å². The molecule has 0 amide bonds. The van der Waals surface area contributed by atoms with Gasteiger partial charge in [-0.15, -0.1) is 0 Å². The molecule has 3 N–H and O–H groups in total. The Hall–Kier alpha value is -0.480. The van der Waals surface area contributed by atoms with Crippen LogP contribution in [-0.4, -0.2) is 37.2 Å². The van der Waals surface area contributed by atoms with E-state index in [-0.39, 0.29) is 17.9 Å². The second kappa shape index (κ2) is 6.99. The molecule has 1 rings (SSSR count). The number of benzene rings is 1. The normalized spacial score (nSPS) is 13.2. The highest BCUT2D eigenvalue weighted by molar-refractivity contribution is 9.11. The quantitative estimate of drug-likeness (QED) is 0.636. The average Bonchev–Trinajstić information content (AvgIpc) is 2.33. The van der Waals surface area contributed by atoms with Crippen LogP contribution in [0.3, 0.4) is 0 Å². The van der Waals surface area contributed by atoms with Gasteiger partial charge in [-0.1, -0.05) is 15.9 Å². The molecule has 0 bridgehead atoms. The fourth-order valence-corrected chi connectivity index (χ4v) is 4.09. The molecule has 1 atom stereocenters. The van der Waals surface area contributed by atoms with Crippen molar-refractivity contribution in [3.05, 3.63) is 26.6 Å². The fraction of sp³-hybridized carbons (Fsp3) is 0.364. The van der Waals surface area contributed by atoms with E-state index in [0.717, 1.165) is 5.56 Å². The number of hydrogen-bond acceptors (Lipinski definition) is 4. The van der Waals surface area contributed by atoms with Crippen LogP contribution in [0.1, 0.15) is 12.0 Å². The van der Waals surface area contributed by atoms with Gasteiger partial charge in [0.25, 0.3) is 0 Å². The largest absolute Gasteiger partial charge is 0.479 e. The number of carbonyl (C=O) groups is 1. The molecule has 0 aliphatic heterocycles. The highest BCUT2D eigenvalue weighted by Gasteiger charge is 2.20. The molecule has 0 radical (unpaired) electrons. The Bertz CT molecular complexity index is 617. The average molecular weight is 431 g/mol. The van der Waals surface area contributed by atoms with E-state index >= 15 is 0 Å². The number of carboxylic acids is 1. The highest BCUT2D eigenvalue weighted by Crippen LogP contribution is 2.28. The van der Waals surface area contributed by atoms with Crippen LogP contribution in [0.4, 0.5) is 0 Å². The zero-order valence-corrected chi connectivity index (χ0v) is 14.4. The van der Waals surface area contributed by atoms with Crippen molar-refractivity contribution in [2.75, 3.05) is 6.54 Å². The summed E-state index contributed by atoms with van der Waals surface area (Å²) in [5.74, 6) is -1.39.